The van der Waals surface area contributed by atoms with E-state index >= 15 is 0 Å². The van der Waals surface area contributed by atoms with Crippen molar-refractivity contribution < 1.29 is 9.53 Å². The van der Waals surface area contributed by atoms with Crippen molar-refractivity contribution in [2.75, 3.05) is 26.7 Å². The van der Waals surface area contributed by atoms with Crippen molar-refractivity contribution in [3.8, 4) is 17.0 Å². The zero-order chi connectivity index (χ0) is 22.2. The van der Waals surface area contributed by atoms with Crippen molar-refractivity contribution in [2.45, 2.75) is 33.2 Å². The number of thiazole rings is 1. The molecule has 0 saturated carbocycles. The largest absolute Gasteiger partial charge is 0.497 e. The van der Waals surface area contributed by atoms with Crippen molar-refractivity contribution in [1.29, 1.82) is 0 Å². The van der Waals surface area contributed by atoms with E-state index in [9.17, 15) is 4.79 Å². The van der Waals surface area contributed by atoms with Crippen LogP contribution >= 0.6 is 11.3 Å². The van der Waals surface area contributed by atoms with Crippen molar-refractivity contribution >= 4 is 17.2 Å². The number of aromatic nitrogens is 1. The fourth-order valence-electron chi connectivity index (χ4n) is 3.72. The fourth-order valence-corrected chi connectivity index (χ4v) is 4.34. The fraction of sp³-hybridized carbons (Fsp3) is 0.360. The third-order valence-electron chi connectivity index (χ3n) is 5.46. The molecule has 1 atom stereocenters. The summed E-state index contributed by atoms with van der Waals surface area (Å²) in [6.07, 6.45) is 0.361. The summed E-state index contributed by atoms with van der Waals surface area (Å²) in [4.78, 5) is 19.5. The minimum Gasteiger partial charge on any atom is -0.497 e. The number of aryl methyl sites for hydroxylation is 1. The molecule has 31 heavy (non-hydrogen) atoms. The standard InChI is InChI=1S/C25H31N3O2S/c1-5-28(6-2)24(21-8-7-9-22(15-21)30-4)16-26-25(29)14-19-10-12-20(13-11-19)23-17-31-18(3)27-23/h7-13,15,17,24H,5-6,14,16H2,1-4H3,(H,26,29). The summed E-state index contributed by atoms with van der Waals surface area (Å²) >= 11 is 1.64. The first-order valence-corrected chi connectivity index (χ1v) is 11.6. The van der Waals surface area contributed by atoms with Gasteiger partial charge in [0.05, 0.1) is 30.3 Å². The lowest BCUT2D eigenvalue weighted by atomic mass is 10.0. The lowest BCUT2D eigenvalue weighted by molar-refractivity contribution is -0.120. The van der Waals surface area contributed by atoms with Gasteiger partial charge in [0, 0.05) is 17.5 Å². The molecule has 0 bridgehead atoms. The van der Waals surface area contributed by atoms with Gasteiger partial charge in [-0.05, 0) is 43.3 Å². The molecule has 0 spiro atoms. The summed E-state index contributed by atoms with van der Waals surface area (Å²) in [6, 6.07) is 16.3. The zero-order valence-electron chi connectivity index (χ0n) is 18.7. The Bertz CT molecular complexity index is 980. The number of ether oxygens (including phenoxy) is 1. The third-order valence-corrected chi connectivity index (χ3v) is 6.23. The van der Waals surface area contributed by atoms with Gasteiger partial charge in [-0.2, -0.15) is 0 Å². The van der Waals surface area contributed by atoms with E-state index in [1.165, 1.54) is 0 Å². The van der Waals surface area contributed by atoms with E-state index in [-0.39, 0.29) is 11.9 Å². The number of nitrogens with zero attached hydrogens (tertiary/aromatic N) is 2. The maximum absolute atomic E-state index is 12.7. The van der Waals surface area contributed by atoms with Gasteiger partial charge in [0.25, 0.3) is 0 Å². The van der Waals surface area contributed by atoms with E-state index in [1.807, 2.05) is 49.4 Å². The zero-order valence-corrected chi connectivity index (χ0v) is 19.5. The van der Waals surface area contributed by atoms with Crippen molar-refractivity contribution in [3.63, 3.8) is 0 Å². The van der Waals surface area contributed by atoms with Crippen LogP contribution in [0.3, 0.4) is 0 Å². The van der Waals surface area contributed by atoms with Crippen LogP contribution in [0.15, 0.2) is 53.9 Å². The Hall–Kier alpha value is -2.70. The minimum atomic E-state index is 0.0253. The molecule has 3 rings (SSSR count). The highest BCUT2D eigenvalue weighted by atomic mass is 32.1. The van der Waals surface area contributed by atoms with Crippen LogP contribution in [0.5, 0.6) is 5.75 Å². The monoisotopic (exact) mass is 437 g/mol. The van der Waals surface area contributed by atoms with Gasteiger partial charge in [-0.3, -0.25) is 9.69 Å². The first kappa shape index (κ1) is 23.0. The van der Waals surface area contributed by atoms with Gasteiger partial charge >= 0.3 is 0 Å². The maximum Gasteiger partial charge on any atom is 0.224 e. The molecule has 5 nitrogen and oxygen atoms in total. The van der Waals surface area contributed by atoms with Gasteiger partial charge in [-0.1, -0.05) is 50.2 Å². The Morgan fingerprint density at radius 1 is 1.16 bits per heavy atom. The molecule has 1 unspecified atom stereocenters. The molecule has 0 aliphatic heterocycles. The van der Waals surface area contributed by atoms with Crippen LogP contribution in [0.25, 0.3) is 11.3 Å². The molecular weight excluding hydrogens is 406 g/mol. The van der Waals surface area contributed by atoms with E-state index < -0.39 is 0 Å². The molecular formula is C25H31N3O2S. The molecule has 1 N–H and O–H groups in total. The van der Waals surface area contributed by atoms with Gasteiger partial charge in [0.15, 0.2) is 0 Å². The minimum absolute atomic E-state index is 0.0253. The number of carbonyl (C=O) groups excluding carboxylic acids is 1. The lowest BCUT2D eigenvalue weighted by Crippen LogP contribution is -2.38. The highest BCUT2D eigenvalue weighted by Crippen LogP contribution is 2.24. The third kappa shape index (κ3) is 6.15. The maximum atomic E-state index is 12.7. The number of amides is 1. The number of hydrogen-bond donors (Lipinski definition) is 1. The van der Waals surface area contributed by atoms with E-state index in [0.29, 0.717) is 13.0 Å². The number of likely N-dealkylation sites (N-methyl/N-ethyl adjacent to an activating group) is 1. The second-order valence-electron chi connectivity index (χ2n) is 7.44. The summed E-state index contributed by atoms with van der Waals surface area (Å²) in [5.74, 6) is 0.855. The van der Waals surface area contributed by atoms with E-state index in [0.717, 1.165) is 46.2 Å². The molecule has 1 amide bonds. The van der Waals surface area contributed by atoms with E-state index in [1.54, 1.807) is 18.4 Å². The highest BCUT2D eigenvalue weighted by molar-refractivity contribution is 7.09. The van der Waals surface area contributed by atoms with Gasteiger partial charge in [-0.25, -0.2) is 4.98 Å². The summed E-state index contributed by atoms with van der Waals surface area (Å²) in [5.41, 5.74) is 4.20. The first-order valence-electron chi connectivity index (χ1n) is 10.7. The average Bonchev–Trinajstić information content (AvgIpc) is 3.23. The Labute approximate surface area is 189 Å². The van der Waals surface area contributed by atoms with Crippen LogP contribution in [0.2, 0.25) is 0 Å². The Morgan fingerprint density at radius 3 is 2.52 bits per heavy atom. The molecule has 1 heterocycles. The quantitative estimate of drug-likeness (QED) is 0.492. The van der Waals surface area contributed by atoms with Crippen LogP contribution in [0.1, 0.15) is 36.0 Å². The molecule has 0 saturated heterocycles. The summed E-state index contributed by atoms with van der Waals surface area (Å²) in [5, 5.41) is 6.25. The van der Waals surface area contributed by atoms with Gasteiger partial charge in [0.1, 0.15) is 5.75 Å². The number of rotatable bonds is 10. The number of nitrogens with one attached hydrogen (secondary N) is 1. The lowest BCUT2D eigenvalue weighted by Gasteiger charge is -2.30. The molecule has 0 fully saturated rings. The van der Waals surface area contributed by atoms with Gasteiger partial charge in [-0.15, -0.1) is 11.3 Å². The second kappa shape index (κ2) is 11.1. The molecule has 1 aromatic heterocycles. The molecule has 3 aromatic rings. The second-order valence-corrected chi connectivity index (χ2v) is 8.51. The van der Waals surface area contributed by atoms with E-state index in [2.05, 4.69) is 40.5 Å². The number of benzene rings is 2. The molecule has 0 aliphatic rings. The summed E-state index contributed by atoms with van der Waals surface area (Å²) in [7, 11) is 1.67. The highest BCUT2D eigenvalue weighted by Gasteiger charge is 2.19. The van der Waals surface area contributed by atoms with Gasteiger partial charge < -0.3 is 10.1 Å². The average molecular weight is 438 g/mol. The molecule has 164 valence electrons. The van der Waals surface area contributed by atoms with Crippen LogP contribution in [0.4, 0.5) is 0 Å². The van der Waals surface area contributed by atoms with Crippen molar-refractivity contribution in [1.82, 2.24) is 15.2 Å². The molecule has 0 aliphatic carbocycles. The predicted octanol–water partition coefficient (Wildman–Crippen LogP) is 4.87. The molecule has 6 heteroatoms. The van der Waals surface area contributed by atoms with Crippen LogP contribution in [0, 0.1) is 6.92 Å². The van der Waals surface area contributed by atoms with Crippen molar-refractivity contribution in [2.24, 2.45) is 0 Å². The Kier molecular flexibility index (Phi) is 8.20. The summed E-state index contributed by atoms with van der Waals surface area (Å²) in [6.45, 7) is 8.67. The van der Waals surface area contributed by atoms with Crippen molar-refractivity contribution in [3.05, 3.63) is 70.0 Å². The topological polar surface area (TPSA) is 54.5 Å². The Balaban J connectivity index is 1.63. The number of carbonyl (C=O) groups is 1. The number of hydrogen-bond acceptors (Lipinski definition) is 5. The molecule has 0 radical (unpaired) electrons. The molecule has 2 aromatic carbocycles. The van der Waals surface area contributed by atoms with Crippen LogP contribution in [-0.2, 0) is 11.2 Å². The smallest absolute Gasteiger partial charge is 0.224 e. The predicted molar refractivity (Wildman–Crippen MR) is 128 cm³/mol. The van der Waals surface area contributed by atoms with Crippen LogP contribution in [-0.4, -0.2) is 42.5 Å². The van der Waals surface area contributed by atoms with Gasteiger partial charge in [0.2, 0.25) is 5.91 Å². The van der Waals surface area contributed by atoms with Crippen LogP contribution < -0.4 is 10.1 Å². The SMILES string of the molecule is CCN(CC)C(CNC(=O)Cc1ccc(-c2csc(C)n2)cc1)c1cccc(OC)c1. The number of methoxy groups -OCH3 is 1. The normalized spacial score (nSPS) is 12.0. The summed E-state index contributed by atoms with van der Waals surface area (Å²) < 4.78 is 5.39. The first-order chi connectivity index (χ1) is 15.0. The Morgan fingerprint density at radius 2 is 1.90 bits per heavy atom. The van der Waals surface area contributed by atoms with E-state index in [4.69, 9.17) is 4.74 Å².